The number of H-pyrrole nitrogens is 1. The molecule has 2 aliphatic rings. The van der Waals surface area contributed by atoms with E-state index in [0.29, 0.717) is 38.7 Å². The van der Waals surface area contributed by atoms with E-state index < -0.39 is 0 Å². The lowest BCUT2D eigenvalue weighted by molar-refractivity contribution is 0.105. The Kier molecular flexibility index (Phi) is 6.04. The van der Waals surface area contributed by atoms with E-state index in [4.69, 9.17) is 19.7 Å². The molecule has 4 aromatic rings. The highest BCUT2D eigenvalue weighted by Gasteiger charge is 2.30. The number of hydrogen-bond acceptors (Lipinski definition) is 7. The van der Waals surface area contributed by atoms with Crippen LogP contribution in [0.1, 0.15) is 31.5 Å². The zero-order chi connectivity index (χ0) is 24.5. The summed E-state index contributed by atoms with van der Waals surface area (Å²) in [7, 11) is 0. The van der Waals surface area contributed by atoms with Crippen LogP contribution >= 0.6 is 0 Å². The van der Waals surface area contributed by atoms with Crippen molar-refractivity contribution in [3.05, 3.63) is 54.4 Å². The van der Waals surface area contributed by atoms with E-state index in [9.17, 15) is 4.79 Å². The van der Waals surface area contributed by atoms with Gasteiger partial charge in [-0.15, -0.1) is 0 Å². The highest BCUT2D eigenvalue weighted by atomic mass is 16.6. The van der Waals surface area contributed by atoms with Crippen LogP contribution in [0.2, 0.25) is 0 Å². The number of para-hydroxylation sites is 4. The minimum Gasteiger partial charge on any atom is -0.450 e. The fourth-order valence-electron chi connectivity index (χ4n) is 5.25. The number of hydrogen-bond donors (Lipinski definition) is 1. The summed E-state index contributed by atoms with van der Waals surface area (Å²) in [5.74, 6) is 3.31. The van der Waals surface area contributed by atoms with Gasteiger partial charge in [0.1, 0.15) is 5.82 Å². The second kappa shape index (κ2) is 9.64. The standard InChI is InChI=1S/C27H31N7O2/c1-2-36-27(35)34-17-15-33(16-18-34)26-25(30-22-9-5-6-10-23(22)31-26)32-13-11-19(12-14-32)24-28-20-7-3-4-8-21(20)29-24/h3-10,19H,2,11-18H2,1H3,(H,28,29). The Morgan fingerprint density at radius 2 is 1.42 bits per heavy atom. The second-order valence-electron chi connectivity index (χ2n) is 9.43. The second-order valence-corrected chi connectivity index (χ2v) is 9.43. The van der Waals surface area contributed by atoms with Crippen molar-refractivity contribution in [1.29, 1.82) is 0 Å². The summed E-state index contributed by atoms with van der Waals surface area (Å²) in [6.45, 7) is 6.64. The molecule has 0 atom stereocenters. The predicted molar refractivity (Wildman–Crippen MR) is 141 cm³/mol. The Labute approximate surface area is 210 Å². The molecule has 0 aliphatic carbocycles. The van der Waals surface area contributed by atoms with Crippen molar-refractivity contribution < 1.29 is 9.53 Å². The zero-order valence-electron chi connectivity index (χ0n) is 20.6. The molecule has 1 amide bonds. The summed E-state index contributed by atoms with van der Waals surface area (Å²) in [4.78, 5) is 37.1. The van der Waals surface area contributed by atoms with Gasteiger partial charge in [-0.2, -0.15) is 0 Å². The summed E-state index contributed by atoms with van der Waals surface area (Å²) in [5, 5.41) is 0. The number of piperazine rings is 1. The molecule has 2 aliphatic heterocycles. The molecule has 0 unspecified atom stereocenters. The van der Waals surface area contributed by atoms with Crippen molar-refractivity contribution in [1.82, 2.24) is 24.8 Å². The number of rotatable bonds is 4. The van der Waals surface area contributed by atoms with Crippen molar-refractivity contribution >= 4 is 39.8 Å². The molecule has 6 rings (SSSR count). The van der Waals surface area contributed by atoms with Crippen LogP contribution in [-0.4, -0.2) is 76.8 Å². The first-order valence-electron chi connectivity index (χ1n) is 12.8. The minimum atomic E-state index is -0.241. The third-order valence-corrected chi connectivity index (χ3v) is 7.23. The van der Waals surface area contributed by atoms with Gasteiger partial charge in [0.25, 0.3) is 0 Å². The van der Waals surface area contributed by atoms with Gasteiger partial charge in [0.15, 0.2) is 11.6 Å². The monoisotopic (exact) mass is 485 g/mol. The van der Waals surface area contributed by atoms with Crippen molar-refractivity contribution in [3.63, 3.8) is 0 Å². The number of fused-ring (bicyclic) bond motifs is 2. The van der Waals surface area contributed by atoms with Crippen LogP contribution in [-0.2, 0) is 4.74 Å². The minimum absolute atomic E-state index is 0.241. The number of benzene rings is 2. The maximum Gasteiger partial charge on any atom is 0.409 e. The molecule has 0 radical (unpaired) electrons. The number of carbonyl (C=O) groups is 1. The maximum absolute atomic E-state index is 12.2. The molecule has 9 heteroatoms. The summed E-state index contributed by atoms with van der Waals surface area (Å²) < 4.78 is 5.19. The first kappa shape index (κ1) is 22.6. The Hall–Kier alpha value is -3.88. The van der Waals surface area contributed by atoms with E-state index in [1.165, 1.54) is 0 Å². The van der Waals surface area contributed by atoms with Crippen LogP contribution < -0.4 is 9.80 Å². The Bertz CT molecular complexity index is 1340. The van der Waals surface area contributed by atoms with E-state index in [2.05, 4.69) is 26.9 Å². The molecule has 1 N–H and O–H groups in total. The van der Waals surface area contributed by atoms with Gasteiger partial charge < -0.3 is 24.4 Å². The van der Waals surface area contributed by atoms with Crippen molar-refractivity contribution in [2.75, 3.05) is 55.7 Å². The number of nitrogens with zero attached hydrogens (tertiary/aromatic N) is 6. The smallest absolute Gasteiger partial charge is 0.409 e. The molecular weight excluding hydrogens is 454 g/mol. The molecular formula is C27H31N7O2. The Morgan fingerprint density at radius 3 is 2.03 bits per heavy atom. The van der Waals surface area contributed by atoms with Crippen molar-refractivity contribution in [2.45, 2.75) is 25.7 Å². The van der Waals surface area contributed by atoms with E-state index in [1.807, 2.05) is 43.3 Å². The molecule has 4 heterocycles. The average molecular weight is 486 g/mol. The molecule has 0 bridgehead atoms. The van der Waals surface area contributed by atoms with Gasteiger partial charge >= 0.3 is 6.09 Å². The lowest BCUT2D eigenvalue weighted by Crippen LogP contribution is -2.49. The summed E-state index contributed by atoms with van der Waals surface area (Å²) in [6, 6.07) is 16.3. The van der Waals surface area contributed by atoms with Crippen LogP contribution in [0.25, 0.3) is 22.1 Å². The molecule has 9 nitrogen and oxygen atoms in total. The number of aromatic nitrogens is 4. The lowest BCUT2D eigenvalue weighted by Gasteiger charge is -2.38. The number of carbonyl (C=O) groups excluding carboxylic acids is 1. The highest BCUT2D eigenvalue weighted by molar-refractivity contribution is 5.81. The Morgan fingerprint density at radius 1 is 0.833 bits per heavy atom. The molecule has 186 valence electrons. The van der Waals surface area contributed by atoms with E-state index >= 15 is 0 Å². The van der Waals surface area contributed by atoms with Crippen molar-refractivity contribution in [2.24, 2.45) is 0 Å². The molecule has 0 saturated carbocycles. The van der Waals surface area contributed by atoms with Gasteiger partial charge in [0.2, 0.25) is 0 Å². The topological polar surface area (TPSA) is 90.5 Å². The zero-order valence-corrected chi connectivity index (χ0v) is 20.6. The van der Waals surface area contributed by atoms with E-state index in [1.54, 1.807) is 4.90 Å². The third kappa shape index (κ3) is 4.29. The number of aromatic amines is 1. The van der Waals surface area contributed by atoms with E-state index in [-0.39, 0.29) is 6.09 Å². The number of anilines is 2. The number of nitrogens with one attached hydrogen (secondary N) is 1. The number of amides is 1. The normalized spacial score (nSPS) is 17.2. The van der Waals surface area contributed by atoms with Gasteiger partial charge in [0, 0.05) is 45.2 Å². The van der Waals surface area contributed by atoms with Crippen molar-refractivity contribution in [3.8, 4) is 0 Å². The van der Waals surface area contributed by atoms with E-state index in [0.717, 1.165) is 65.5 Å². The van der Waals surface area contributed by atoms with Crippen LogP contribution in [0.15, 0.2) is 48.5 Å². The number of ether oxygens (including phenoxy) is 1. The van der Waals surface area contributed by atoms with Gasteiger partial charge in [-0.1, -0.05) is 24.3 Å². The fourth-order valence-corrected chi connectivity index (χ4v) is 5.25. The lowest BCUT2D eigenvalue weighted by atomic mass is 9.96. The van der Waals surface area contributed by atoms with Crippen LogP contribution in [0.5, 0.6) is 0 Å². The third-order valence-electron chi connectivity index (χ3n) is 7.23. The van der Waals surface area contributed by atoms with Gasteiger partial charge in [-0.25, -0.2) is 19.7 Å². The maximum atomic E-state index is 12.2. The molecule has 36 heavy (non-hydrogen) atoms. The summed E-state index contributed by atoms with van der Waals surface area (Å²) in [5.41, 5.74) is 3.92. The SMILES string of the molecule is CCOC(=O)N1CCN(c2nc3ccccc3nc2N2CCC(c3nc4ccccc4[nH]3)CC2)CC1. The van der Waals surface area contributed by atoms with Crippen LogP contribution in [0.3, 0.4) is 0 Å². The Balaban J connectivity index is 1.23. The number of piperidine rings is 1. The number of imidazole rings is 1. The fraction of sp³-hybridized carbons (Fsp3) is 0.407. The molecule has 2 saturated heterocycles. The van der Waals surface area contributed by atoms with Crippen LogP contribution in [0.4, 0.5) is 16.4 Å². The molecule has 2 aromatic heterocycles. The first-order chi connectivity index (χ1) is 17.7. The average Bonchev–Trinajstić information content (AvgIpc) is 3.37. The largest absolute Gasteiger partial charge is 0.450 e. The van der Waals surface area contributed by atoms with Gasteiger partial charge in [0.05, 0.1) is 28.7 Å². The van der Waals surface area contributed by atoms with Crippen LogP contribution in [0, 0.1) is 0 Å². The van der Waals surface area contributed by atoms with Gasteiger partial charge in [-0.05, 0) is 44.0 Å². The molecule has 2 aromatic carbocycles. The first-order valence-corrected chi connectivity index (χ1v) is 12.8. The highest BCUT2D eigenvalue weighted by Crippen LogP contribution is 2.34. The molecule has 2 fully saturated rings. The van der Waals surface area contributed by atoms with Gasteiger partial charge in [-0.3, -0.25) is 0 Å². The summed E-state index contributed by atoms with van der Waals surface area (Å²) >= 11 is 0. The quantitative estimate of drug-likeness (QED) is 0.464. The summed E-state index contributed by atoms with van der Waals surface area (Å²) in [6.07, 6.45) is 1.77. The molecule has 0 spiro atoms. The predicted octanol–water partition coefficient (Wildman–Crippen LogP) is 4.17.